The smallest absolute Gasteiger partial charge is 0.193 e. The van der Waals surface area contributed by atoms with Gasteiger partial charge >= 0.3 is 0 Å². The summed E-state index contributed by atoms with van der Waals surface area (Å²) in [6.45, 7) is 6.00. The lowest BCUT2D eigenvalue weighted by atomic mass is 10.1. The van der Waals surface area contributed by atoms with Gasteiger partial charge in [0.15, 0.2) is 5.96 Å². The van der Waals surface area contributed by atoms with E-state index >= 15 is 0 Å². The van der Waals surface area contributed by atoms with Gasteiger partial charge in [-0.05, 0) is 37.7 Å². The minimum Gasteiger partial charge on any atom is -0.354 e. The van der Waals surface area contributed by atoms with E-state index in [1.807, 2.05) is 12.1 Å². The van der Waals surface area contributed by atoms with Gasteiger partial charge in [0.2, 0.25) is 0 Å². The van der Waals surface area contributed by atoms with E-state index in [-0.39, 0.29) is 0 Å². The molecule has 21 heavy (non-hydrogen) atoms. The van der Waals surface area contributed by atoms with Crippen LogP contribution in [0.4, 0.5) is 0 Å². The van der Waals surface area contributed by atoms with E-state index in [1.54, 1.807) is 0 Å². The molecule has 0 fully saturated rings. The molecule has 0 radical (unpaired) electrons. The zero-order valence-electron chi connectivity index (χ0n) is 13.1. The van der Waals surface area contributed by atoms with Crippen molar-refractivity contribution in [2.75, 3.05) is 40.3 Å². The molecular weight excluding hydrogens is 284 g/mol. The molecule has 1 unspecified atom stereocenters. The quantitative estimate of drug-likeness (QED) is 0.876. The first-order chi connectivity index (χ1) is 10.1. The Morgan fingerprint density at radius 1 is 1.38 bits per heavy atom. The van der Waals surface area contributed by atoms with Crippen molar-refractivity contribution in [3.63, 3.8) is 0 Å². The lowest BCUT2D eigenvalue weighted by molar-refractivity contribution is 0.244. The Hall–Kier alpha value is -1.26. The largest absolute Gasteiger partial charge is 0.354 e. The fourth-order valence-corrected chi connectivity index (χ4v) is 2.76. The number of hydrogen-bond acceptors (Lipinski definition) is 4. The topological polar surface area (TPSA) is 30.9 Å². The summed E-state index contributed by atoms with van der Waals surface area (Å²) in [5, 5.41) is 4.27. The molecule has 1 aliphatic heterocycles. The molecule has 1 aromatic rings. The average Bonchev–Trinajstić information content (AvgIpc) is 2.87. The minimum absolute atomic E-state index is 0.318. The number of hydrogen-bond donors (Lipinski definition) is 1. The Morgan fingerprint density at radius 3 is 2.67 bits per heavy atom. The van der Waals surface area contributed by atoms with E-state index in [2.05, 4.69) is 53.3 Å². The maximum absolute atomic E-state index is 6.00. The van der Waals surface area contributed by atoms with Crippen molar-refractivity contribution < 1.29 is 0 Å². The van der Waals surface area contributed by atoms with Crippen LogP contribution in [0.1, 0.15) is 24.9 Å². The first-order valence-electron chi connectivity index (χ1n) is 7.57. The number of nitrogens with one attached hydrogen (secondary N) is 1. The van der Waals surface area contributed by atoms with Crippen LogP contribution >= 0.6 is 11.6 Å². The molecule has 1 aromatic carbocycles. The van der Waals surface area contributed by atoms with Crippen molar-refractivity contribution in [3.8, 4) is 0 Å². The first-order valence-corrected chi connectivity index (χ1v) is 7.94. The Bertz CT molecular complexity index is 472. The molecule has 0 amide bonds. The van der Waals surface area contributed by atoms with Crippen LogP contribution in [0.5, 0.6) is 0 Å². The van der Waals surface area contributed by atoms with Crippen LogP contribution in [0.3, 0.4) is 0 Å². The monoisotopic (exact) mass is 308 g/mol. The van der Waals surface area contributed by atoms with Gasteiger partial charge in [-0.25, -0.2) is 0 Å². The maximum atomic E-state index is 6.00. The van der Waals surface area contributed by atoms with Crippen LogP contribution in [0.25, 0.3) is 0 Å². The summed E-state index contributed by atoms with van der Waals surface area (Å²) >= 11 is 6.00. The molecule has 1 aliphatic rings. The van der Waals surface area contributed by atoms with Crippen LogP contribution in [-0.2, 0) is 0 Å². The van der Waals surface area contributed by atoms with Gasteiger partial charge in [-0.2, -0.15) is 0 Å². The average molecular weight is 309 g/mol. The fourth-order valence-electron chi connectivity index (χ4n) is 2.63. The number of halogens is 1. The van der Waals surface area contributed by atoms with Crippen LogP contribution < -0.4 is 5.32 Å². The molecule has 1 atom stereocenters. The summed E-state index contributed by atoms with van der Waals surface area (Å²) in [5.41, 5.74) is 1.28. The van der Waals surface area contributed by atoms with Crippen LogP contribution in [0.2, 0.25) is 5.02 Å². The molecule has 116 valence electrons. The number of benzene rings is 1. The van der Waals surface area contributed by atoms with Gasteiger partial charge in [-0.1, -0.05) is 30.7 Å². The lowest BCUT2D eigenvalue weighted by Gasteiger charge is -2.29. The third-order valence-corrected chi connectivity index (χ3v) is 4.13. The van der Waals surface area contributed by atoms with Gasteiger partial charge in [-0.15, -0.1) is 0 Å². The SMILES string of the molecule is CCCN(C)C(CNC1=NCCN1C)c1ccc(Cl)cc1. The van der Waals surface area contributed by atoms with Crippen LogP contribution in [-0.4, -0.2) is 56.0 Å². The Kier molecular flexibility index (Phi) is 5.88. The van der Waals surface area contributed by atoms with E-state index in [9.17, 15) is 0 Å². The lowest BCUT2D eigenvalue weighted by Crippen LogP contribution is -2.41. The Morgan fingerprint density at radius 2 is 2.10 bits per heavy atom. The fraction of sp³-hybridized carbons (Fsp3) is 0.562. The van der Waals surface area contributed by atoms with Crippen molar-refractivity contribution >= 4 is 17.6 Å². The zero-order chi connectivity index (χ0) is 15.2. The highest BCUT2D eigenvalue weighted by Gasteiger charge is 2.19. The summed E-state index contributed by atoms with van der Waals surface area (Å²) in [5.74, 6) is 0.999. The predicted octanol–water partition coefficient (Wildman–Crippen LogP) is 2.61. The highest BCUT2D eigenvalue weighted by Crippen LogP contribution is 2.21. The molecule has 0 aromatic heterocycles. The van der Waals surface area contributed by atoms with E-state index in [4.69, 9.17) is 11.6 Å². The Balaban J connectivity index is 2.06. The summed E-state index contributed by atoms with van der Waals surface area (Å²) < 4.78 is 0. The second-order valence-electron chi connectivity index (χ2n) is 5.56. The van der Waals surface area contributed by atoms with Crippen molar-refractivity contribution in [2.24, 2.45) is 4.99 Å². The first kappa shape index (κ1) is 16.1. The minimum atomic E-state index is 0.318. The molecule has 1 N–H and O–H groups in total. The number of rotatable bonds is 6. The molecule has 0 aliphatic carbocycles. The maximum Gasteiger partial charge on any atom is 0.193 e. The second-order valence-corrected chi connectivity index (χ2v) is 5.99. The van der Waals surface area contributed by atoms with Gasteiger partial charge in [0.25, 0.3) is 0 Å². The van der Waals surface area contributed by atoms with E-state index in [0.29, 0.717) is 6.04 Å². The summed E-state index contributed by atoms with van der Waals surface area (Å²) in [6, 6.07) is 8.47. The summed E-state index contributed by atoms with van der Waals surface area (Å²) in [4.78, 5) is 9.04. The molecular formula is C16H25ClN4. The third-order valence-electron chi connectivity index (χ3n) is 3.88. The van der Waals surface area contributed by atoms with Crippen molar-refractivity contribution in [1.82, 2.24) is 15.1 Å². The van der Waals surface area contributed by atoms with E-state index in [1.165, 1.54) is 5.56 Å². The molecule has 0 saturated carbocycles. The molecule has 0 saturated heterocycles. The predicted molar refractivity (Wildman–Crippen MR) is 90.0 cm³/mol. The molecule has 0 bridgehead atoms. The van der Waals surface area contributed by atoms with Gasteiger partial charge < -0.3 is 10.2 Å². The van der Waals surface area contributed by atoms with Gasteiger partial charge in [0, 0.05) is 25.2 Å². The zero-order valence-corrected chi connectivity index (χ0v) is 13.9. The standard InChI is InChI=1S/C16H25ClN4/c1-4-10-20(2)15(13-5-7-14(17)8-6-13)12-19-16-18-9-11-21(16)3/h5-8,15H,4,9-12H2,1-3H3,(H,18,19). The van der Waals surface area contributed by atoms with Crippen LogP contribution in [0.15, 0.2) is 29.3 Å². The highest BCUT2D eigenvalue weighted by molar-refractivity contribution is 6.30. The van der Waals surface area contributed by atoms with Crippen LogP contribution in [0, 0.1) is 0 Å². The Labute approximate surface area is 132 Å². The number of guanidine groups is 1. The second kappa shape index (κ2) is 7.66. The molecule has 1 heterocycles. The van der Waals surface area contributed by atoms with E-state index < -0.39 is 0 Å². The molecule has 4 nitrogen and oxygen atoms in total. The van der Waals surface area contributed by atoms with Gasteiger partial charge in [-0.3, -0.25) is 9.89 Å². The normalized spacial score (nSPS) is 16.2. The molecule has 2 rings (SSSR count). The number of nitrogens with zero attached hydrogens (tertiary/aromatic N) is 3. The van der Waals surface area contributed by atoms with Crippen molar-refractivity contribution in [1.29, 1.82) is 0 Å². The third kappa shape index (κ3) is 4.35. The van der Waals surface area contributed by atoms with Crippen molar-refractivity contribution in [3.05, 3.63) is 34.9 Å². The van der Waals surface area contributed by atoms with E-state index in [0.717, 1.165) is 43.6 Å². The van der Waals surface area contributed by atoms with Gasteiger partial charge in [0.05, 0.1) is 12.6 Å². The highest BCUT2D eigenvalue weighted by atomic mass is 35.5. The molecule has 5 heteroatoms. The molecule has 0 spiro atoms. The van der Waals surface area contributed by atoms with Crippen molar-refractivity contribution in [2.45, 2.75) is 19.4 Å². The number of aliphatic imine (C=N–C) groups is 1. The summed E-state index contributed by atoms with van der Waals surface area (Å²) in [7, 11) is 4.25. The summed E-state index contributed by atoms with van der Waals surface area (Å²) in [6.07, 6.45) is 1.14. The van der Waals surface area contributed by atoms with Gasteiger partial charge in [0.1, 0.15) is 0 Å². The number of likely N-dealkylation sites (N-methyl/N-ethyl adjacent to an activating group) is 2.